The van der Waals surface area contributed by atoms with Crippen LogP contribution in [0.4, 0.5) is 0 Å². The van der Waals surface area contributed by atoms with Gasteiger partial charge in [-0.05, 0) is 37.8 Å². The number of ether oxygens (including phenoxy) is 2. The van der Waals surface area contributed by atoms with Gasteiger partial charge in [-0.1, -0.05) is 6.58 Å². The number of hydrogen-bond acceptors (Lipinski definition) is 5. The molecule has 1 unspecified atom stereocenters. The fourth-order valence-electron chi connectivity index (χ4n) is 2.51. The van der Waals surface area contributed by atoms with Gasteiger partial charge in [-0.25, -0.2) is 9.97 Å². The van der Waals surface area contributed by atoms with Crippen LogP contribution in [0.2, 0.25) is 5.28 Å². The van der Waals surface area contributed by atoms with E-state index in [2.05, 4.69) is 21.5 Å². The van der Waals surface area contributed by atoms with Crippen LogP contribution in [0.3, 0.4) is 0 Å². The highest BCUT2D eigenvalue weighted by Gasteiger charge is 2.25. The molecule has 3 rings (SSSR count). The second-order valence-electron chi connectivity index (χ2n) is 4.83. The van der Waals surface area contributed by atoms with Crippen LogP contribution in [0, 0.1) is 0 Å². The Balaban J connectivity index is 2.13. The Morgan fingerprint density at radius 1 is 1.52 bits per heavy atom. The van der Waals surface area contributed by atoms with E-state index in [1.54, 1.807) is 6.20 Å². The quantitative estimate of drug-likeness (QED) is 0.641. The number of rotatable bonds is 4. The number of fused-ring (bicyclic) bond motifs is 1. The molecule has 0 spiro atoms. The molecule has 1 saturated heterocycles. The number of hydrogen-bond donors (Lipinski definition) is 0. The monoisotopic (exact) mass is 308 g/mol. The Labute approximate surface area is 127 Å². The first-order valence-corrected chi connectivity index (χ1v) is 7.42. The van der Waals surface area contributed by atoms with Crippen molar-refractivity contribution in [2.45, 2.75) is 32.4 Å². The summed E-state index contributed by atoms with van der Waals surface area (Å²) in [6, 6.07) is 0. The molecule has 1 aliphatic heterocycles. The molecule has 0 radical (unpaired) electrons. The fourth-order valence-corrected chi connectivity index (χ4v) is 2.63. The topological polar surface area (TPSA) is 62.1 Å². The lowest BCUT2D eigenvalue weighted by Gasteiger charge is -2.25. The van der Waals surface area contributed by atoms with Crippen molar-refractivity contribution in [2.24, 2.45) is 0 Å². The summed E-state index contributed by atoms with van der Waals surface area (Å²) < 4.78 is 13.3. The molecule has 7 heteroatoms. The maximum Gasteiger partial charge on any atom is 0.224 e. The van der Waals surface area contributed by atoms with E-state index in [-0.39, 0.29) is 11.5 Å². The van der Waals surface area contributed by atoms with E-state index in [0.717, 1.165) is 25.9 Å². The SMILES string of the molecule is C=C(OCC)c1nc2cnc(Cl)nc2n1C1CCCCO1. The summed E-state index contributed by atoms with van der Waals surface area (Å²) in [5.41, 5.74) is 1.31. The first kappa shape index (κ1) is 14.3. The minimum Gasteiger partial charge on any atom is -0.491 e. The van der Waals surface area contributed by atoms with Gasteiger partial charge in [0.2, 0.25) is 5.28 Å². The summed E-state index contributed by atoms with van der Waals surface area (Å²) >= 11 is 5.92. The van der Waals surface area contributed by atoms with E-state index in [1.807, 2.05) is 11.5 Å². The summed E-state index contributed by atoms with van der Waals surface area (Å²) in [6.07, 6.45) is 4.55. The largest absolute Gasteiger partial charge is 0.491 e. The minimum atomic E-state index is -0.123. The zero-order chi connectivity index (χ0) is 14.8. The molecule has 21 heavy (non-hydrogen) atoms. The van der Waals surface area contributed by atoms with E-state index in [1.165, 1.54) is 0 Å². The Morgan fingerprint density at radius 3 is 3.10 bits per heavy atom. The molecule has 0 aromatic carbocycles. The van der Waals surface area contributed by atoms with E-state index < -0.39 is 0 Å². The summed E-state index contributed by atoms with van der Waals surface area (Å²) in [5.74, 6) is 1.12. The zero-order valence-corrected chi connectivity index (χ0v) is 12.6. The molecule has 0 saturated carbocycles. The minimum absolute atomic E-state index is 0.123. The molecule has 0 aliphatic carbocycles. The van der Waals surface area contributed by atoms with Gasteiger partial charge in [0.25, 0.3) is 0 Å². The second kappa shape index (κ2) is 5.99. The molecule has 6 nitrogen and oxygen atoms in total. The average Bonchev–Trinajstić information content (AvgIpc) is 2.87. The van der Waals surface area contributed by atoms with Gasteiger partial charge < -0.3 is 9.47 Å². The van der Waals surface area contributed by atoms with E-state index in [0.29, 0.717) is 29.4 Å². The third kappa shape index (κ3) is 2.73. The van der Waals surface area contributed by atoms with Crippen LogP contribution in [0.25, 0.3) is 16.9 Å². The molecular formula is C14H17ClN4O2. The van der Waals surface area contributed by atoms with Gasteiger partial charge in [-0.3, -0.25) is 4.57 Å². The third-order valence-electron chi connectivity index (χ3n) is 3.41. The molecule has 2 aromatic heterocycles. The summed E-state index contributed by atoms with van der Waals surface area (Å²) in [6.45, 7) is 7.11. The Morgan fingerprint density at radius 2 is 2.38 bits per heavy atom. The lowest BCUT2D eigenvalue weighted by molar-refractivity contribution is -0.0307. The van der Waals surface area contributed by atoms with E-state index in [4.69, 9.17) is 21.1 Å². The molecular weight excluding hydrogens is 292 g/mol. The smallest absolute Gasteiger partial charge is 0.224 e. The van der Waals surface area contributed by atoms with Crippen LogP contribution >= 0.6 is 11.6 Å². The van der Waals surface area contributed by atoms with Crippen LogP contribution in [0.1, 0.15) is 38.2 Å². The van der Waals surface area contributed by atoms with Crippen molar-refractivity contribution < 1.29 is 9.47 Å². The number of aromatic nitrogens is 4. The second-order valence-corrected chi connectivity index (χ2v) is 5.17. The summed E-state index contributed by atoms with van der Waals surface area (Å²) in [4.78, 5) is 12.8. The zero-order valence-electron chi connectivity index (χ0n) is 11.9. The van der Waals surface area contributed by atoms with E-state index in [9.17, 15) is 0 Å². The molecule has 0 bridgehead atoms. The highest BCUT2D eigenvalue weighted by atomic mass is 35.5. The Bertz CT molecular complexity index is 664. The first-order chi connectivity index (χ1) is 10.2. The maximum absolute atomic E-state index is 5.92. The van der Waals surface area contributed by atoms with Gasteiger partial charge in [0, 0.05) is 6.61 Å². The van der Waals surface area contributed by atoms with Gasteiger partial charge in [0.15, 0.2) is 17.2 Å². The number of halogens is 1. The fraction of sp³-hybridized carbons (Fsp3) is 0.500. The van der Waals surface area contributed by atoms with Crippen LogP contribution in [-0.4, -0.2) is 32.7 Å². The lowest BCUT2D eigenvalue weighted by Crippen LogP contribution is -2.20. The van der Waals surface area contributed by atoms with Gasteiger partial charge in [0.1, 0.15) is 11.7 Å². The van der Waals surface area contributed by atoms with Crippen LogP contribution < -0.4 is 0 Å². The number of imidazole rings is 1. The Kier molecular flexibility index (Phi) is 4.07. The molecule has 1 atom stereocenters. The van der Waals surface area contributed by atoms with Crippen LogP contribution in [0.5, 0.6) is 0 Å². The molecule has 1 fully saturated rings. The van der Waals surface area contributed by atoms with Crippen molar-refractivity contribution in [1.82, 2.24) is 19.5 Å². The van der Waals surface area contributed by atoms with Crippen molar-refractivity contribution in [3.05, 3.63) is 23.9 Å². The highest BCUT2D eigenvalue weighted by Crippen LogP contribution is 2.30. The number of nitrogens with zero attached hydrogens (tertiary/aromatic N) is 4. The maximum atomic E-state index is 5.92. The third-order valence-corrected chi connectivity index (χ3v) is 3.60. The van der Waals surface area contributed by atoms with Crippen molar-refractivity contribution in [3.8, 4) is 0 Å². The first-order valence-electron chi connectivity index (χ1n) is 7.05. The summed E-state index contributed by atoms with van der Waals surface area (Å²) in [7, 11) is 0. The van der Waals surface area contributed by atoms with Crippen LogP contribution in [0.15, 0.2) is 12.8 Å². The van der Waals surface area contributed by atoms with Crippen LogP contribution in [-0.2, 0) is 9.47 Å². The molecule has 3 heterocycles. The molecule has 0 N–H and O–H groups in total. The predicted octanol–water partition coefficient (Wildman–Crippen LogP) is 3.19. The van der Waals surface area contributed by atoms with Crippen molar-refractivity contribution in [2.75, 3.05) is 13.2 Å². The summed E-state index contributed by atoms with van der Waals surface area (Å²) in [5, 5.41) is 0.188. The average molecular weight is 309 g/mol. The molecule has 1 aliphatic rings. The van der Waals surface area contributed by atoms with E-state index >= 15 is 0 Å². The van der Waals surface area contributed by atoms with Crippen molar-refractivity contribution >= 4 is 28.5 Å². The van der Waals surface area contributed by atoms with Gasteiger partial charge >= 0.3 is 0 Å². The molecule has 112 valence electrons. The predicted molar refractivity (Wildman–Crippen MR) is 79.8 cm³/mol. The molecule has 2 aromatic rings. The van der Waals surface area contributed by atoms with Gasteiger partial charge in [0.05, 0.1) is 12.8 Å². The lowest BCUT2D eigenvalue weighted by atomic mass is 10.2. The standard InChI is InChI=1S/C14H17ClN4O2/c1-3-20-9(2)12-17-10-8-16-14(15)18-13(10)19(12)11-6-4-5-7-21-11/h8,11H,2-7H2,1H3. The van der Waals surface area contributed by atoms with Crippen molar-refractivity contribution in [3.63, 3.8) is 0 Å². The highest BCUT2D eigenvalue weighted by molar-refractivity contribution is 6.28. The van der Waals surface area contributed by atoms with Crippen molar-refractivity contribution in [1.29, 1.82) is 0 Å². The van der Waals surface area contributed by atoms with Gasteiger partial charge in [-0.2, -0.15) is 4.98 Å². The Hall–Kier alpha value is -1.66. The normalized spacial score (nSPS) is 18.9. The van der Waals surface area contributed by atoms with Gasteiger partial charge in [-0.15, -0.1) is 0 Å². The molecule has 0 amide bonds.